The van der Waals surface area contributed by atoms with Gasteiger partial charge in [0, 0.05) is 12.6 Å². The molecule has 2 rings (SSSR count). The Balaban J connectivity index is 1.76. The summed E-state index contributed by atoms with van der Waals surface area (Å²) in [6.07, 6.45) is 8.81. The average molecular weight is 224 g/mol. The first-order valence-corrected chi connectivity index (χ1v) is 7.09. The van der Waals surface area contributed by atoms with Crippen LogP contribution >= 0.6 is 0 Å². The molecular formula is C14H28N2. The SMILES string of the molecule is CC(C)C(N)CN1CCC2(CCCC2)CC1. The zero-order valence-electron chi connectivity index (χ0n) is 11.0. The molecule has 0 bridgehead atoms. The van der Waals surface area contributed by atoms with Crippen LogP contribution in [0.4, 0.5) is 0 Å². The Hall–Kier alpha value is -0.0800. The van der Waals surface area contributed by atoms with E-state index in [-0.39, 0.29) is 0 Å². The molecule has 1 saturated carbocycles. The predicted molar refractivity (Wildman–Crippen MR) is 69.4 cm³/mol. The molecule has 2 heteroatoms. The first-order chi connectivity index (χ1) is 7.61. The fourth-order valence-corrected chi connectivity index (χ4v) is 3.34. The van der Waals surface area contributed by atoms with Gasteiger partial charge in [0.05, 0.1) is 0 Å². The number of nitrogens with two attached hydrogens (primary N) is 1. The van der Waals surface area contributed by atoms with E-state index in [0.717, 1.165) is 12.0 Å². The van der Waals surface area contributed by atoms with Crippen molar-refractivity contribution in [2.75, 3.05) is 19.6 Å². The molecule has 1 aliphatic carbocycles. The lowest BCUT2D eigenvalue weighted by Crippen LogP contribution is -2.46. The Labute approximate surface area is 101 Å². The van der Waals surface area contributed by atoms with Crippen molar-refractivity contribution in [3.8, 4) is 0 Å². The van der Waals surface area contributed by atoms with Gasteiger partial charge in [0.25, 0.3) is 0 Å². The lowest BCUT2D eigenvalue weighted by molar-refractivity contribution is 0.0998. The molecule has 0 radical (unpaired) electrons. The third-order valence-electron chi connectivity index (χ3n) is 4.91. The molecule has 94 valence electrons. The summed E-state index contributed by atoms with van der Waals surface area (Å²) in [7, 11) is 0. The second kappa shape index (κ2) is 5.05. The highest BCUT2D eigenvalue weighted by molar-refractivity contribution is 4.90. The van der Waals surface area contributed by atoms with E-state index in [1.807, 2.05) is 0 Å². The van der Waals surface area contributed by atoms with E-state index in [0.29, 0.717) is 12.0 Å². The number of nitrogens with zero attached hydrogens (tertiary/aromatic N) is 1. The summed E-state index contributed by atoms with van der Waals surface area (Å²) in [5.41, 5.74) is 6.90. The van der Waals surface area contributed by atoms with Crippen LogP contribution in [0.15, 0.2) is 0 Å². The first kappa shape index (κ1) is 12.4. The van der Waals surface area contributed by atoms with Crippen LogP contribution in [-0.4, -0.2) is 30.6 Å². The van der Waals surface area contributed by atoms with Crippen LogP contribution in [0.2, 0.25) is 0 Å². The molecule has 2 N–H and O–H groups in total. The molecule has 1 spiro atoms. The van der Waals surface area contributed by atoms with E-state index < -0.39 is 0 Å². The molecule has 0 aromatic heterocycles. The van der Waals surface area contributed by atoms with Gasteiger partial charge in [0.15, 0.2) is 0 Å². The third kappa shape index (κ3) is 2.78. The van der Waals surface area contributed by atoms with Gasteiger partial charge in [-0.25, -0.2) is 0 Å². The van der Waals surface area contributed by atoms with E-state index in [2.05, 4.69) is 18.7 Å². The lowest BCUT2D eigenvalue weighted by Gasteiger charge is -2.40. The Bertz CT molecular complexity index is 209. The summed E-state index contributed by atoms with van der Waals surface area (Å²) < 4.78 is 0. The molecule has 1 heterocycles. The summed E-state index contributed by atoms with van der Waals surface area (Å²) in [4.78, 5) is 2.59. The summed E-state index contributed by atoms with van der Waals surface area (Å²) in [5.74, 6) is 0.613. The molecule has 1 aliphatic heterocycles. The Morgan fingerprint density at radius 1 is 1.06 bits per heavy atom. The van der Waals surface area contributed by atoms with Crippen molar-refractivity contribution >= 4 is 0 Å². The molecule has 2 fully saturated rings. The smallest absolute Gasteiger partial charge is 0.0191 e. The number of rotatable bonds is 3. The van der Waals surface area contributed by atoms with Crippen LogP contribution in [0.25, 0.3) is 0 Å². The van der Waals surface area contributed by atoms with Crippen molar-refractivity contribution in [3.63, 3.8) is 0 Å². The van der Waals surface area contributed by atoms with E-state index >= 15 is 0 Å². The number of piperidine rings is 1. The molecule has 0 aromatic carbocycles. The van der Waals surface area contributed by atoms with E-state index in [1.165, 1.54) is 51.6 Å². The van der Waals surface area contributed by atoms with Gasteiger partial charge in [0.2, 0.25) is 0 Å². The molecule has 0 aromatic rings. The fraction of sp³-hybridized carbons (Fsp3) is 1.00. The molecule has 1 atom stereocenters. The van der Waals surface area contributed by atoms with E-state index in [9.17, 15) is 0 Å². The highest BCUT2D eigenvalue weighted by Crippen LogP contribution is 2.46. The van der Waals surface area contributed by atoms with Gasteiger partial charge in [0.1, 0.15) is 0 Å². The van der Waals surface area contributed by atoms with Crippen molar-refractivity contribution in [1.29, 1.82) is 0 Å². The van der Waals surface area contributed by atoms with Crippen molar-refractivity contribution in [2.24, 2.45) is 17.1 Å². The van der Waals surface area contributed by atoms with Crippen LogP contribution in [0, 0.1) is 11.3 Å². The van der Waals surface area contributed by atoms with Gasteiger partial charge in [-0.1, -0.05) is 26.7 Å². The second-order valence-electron chi connectivity index (χ2n) is 6.42. The largest absolute Gasteiger partial charge is 0.326 e. The minimum absolute atomic E-state index is 0.359. The minimum Gasteiger partial charge on any atom is -0.326 e. The Morgan fingerprint density at radius 2 is 1.62 bits per heavy atom. The Morgan fingerprint density at radius 3 is 2.12 bits per heavy atom. The van der Waals surface area contributed by atoms with E-state index in [1.54, 1.807) is 0 Å². The second-order valence-corrected chi connectivity index (χ2v) is 6.42. The van der Waals surface area contributed by atoms with Crippen LogP contribution in [0.1, 0.15) is 52.4 Å². The average Bonchev–Trinajstić information content (AvgIpc) is 2.70. The molecular weight excluding hydrogens is 196 g/mol. The summed E-state index contributed by atoms with van der Waals surface area (Å²) >= 11 is 0. The fourth-order valence-electron chi connectivity index (χ4n) is 3.34. The van der Waals surface area contributed by atoms with Gasteiger partial charge in [-0.05, 0) is 50.1 Å². The highest BCUT2D eigenvalue weighted by atomic mass is 15.1. The van der Waals surface area contributed by atoms with E-state index in [4.69, 9.17) is 5.73 Å². The molecule has 0 amide bonds. The van der Waals surface area contributed by atoms with Gasteiger partial charge in [-0.2, -0.15) is 0 Å². The van der Waals surface area contributed by atoms with Crippen molar-refractivity contribution < 1.29 is 0 Å². The summed E-state index contributed by atoms with van der Waals surface area (Å²) in [5, 5.41) is 0. The quantitative estimate of drug-likeness (QED) is 0.798. The van der Waals surface area contributed by atoms with Gasteiger partial charge in [-0.15, -0.1) is 0 Å². The van der Waals surface area contributed by atoms with Gasteiger partial charge >= 0.3 is 0 Å². The van der Waals surface area contributed by atoms with Gasteiger partial charge < -0.3 is 10.6 Å². The van der Waals surface area contributed by atoms with Crippen molar-refractivity contribution in [3.05, 3.63) is 0 Å². The normalized spacial score (nSPS) is 27.8. The van der Waals surface area contributed by atoms with Crippen molar-refractivity contribution in [2.45, 2.75) is 58.4 Å². The third-order valence-corrected chi connectivity index (χ3v) is 4.91. The van der Waals surface area contributed by atoms with Gasteiger partial charge in [-0.3, -0.25) is 0 Å². The maximum atomic E-state index is 6.15. The molecule has 2 nitrogen and oxygen atoms in total. The first-order valence-electron chi connectivity index (χ1n) is 7.09. The van der Waals surface area contributed by atoms with Crippen molar-refractivity contribution in [1.82, 2.24) is 4.90 Å². The molecule has 1 unspecified atom stereocenters. The highest BCUT2D eigenvalue weighted by Gasteiger charge is 2.36. The molecule has 1 saturated heterocycles. The van der Waals surface area contributed by atoms with Crippen LogP contribution < -0.4 is 5.73 Å². The van der Waals surface area contributed by atoms with Crippen LogP contribution in [0.5, 0.6) is 0 Å². The summed E-state index contributed by atoms with van der Waals surface area (Å²) in [6.45, 7) is 8.15. The monoisotopic (exact) mass is 224 g/mol. The zero-order chi connectivity index (χ0) is 11.6. The standard InChI is InChI=1S/C14H28N2/c1-12(2)13(15)11-16-9-7-14(8-10-16)5-3-4-6-14/h12-13H,3-11,15H2,1-2H3. The predicted octanol–water partition coefficient (Wildman–Crippen LogP) is 2.63. The van der Waals surface area contributed by atoms with Crippen LogP contribution in [-0.2, 0) is 0 Å². The number of hydrogen-bond donors (Lipinski definition) is 1. The molecule has 16 heavy (non-hydrogen) atoms. The lowest BCUT2D eigenvalue weighted by atomic mass is 9.77. The summed E-state index contributed by atoms with van der Waals surface area (Å²) in [6, 6.07) is 0.359. The van der Waals surface area contributed by atoms with Crippen LogP contribution in [0.3, 0.4) is 0 Å². The maximum absolute atomic E-state index is 6.15. The minimum atomic E-state index is 0.359. The maximum Gasteiger partial charge on any atom is 0.0191 e. The zero-order valence-corrected chi connectivity index (χ0v) is 11.0. The topological polar surface area (TPSA) is 29.3 Å². The Kier molecular flexibility index (Phi) is 3.91. The number of likely N-dealkylation sites (tertiary alicyclic amines) is 1. The number of hydrogen-bond acceptors (Lipinski definition) is 2. The molecule has 2 aliphatic rings.